The minimum atomic E-state index is -0.0400. The predicted octanol–water partition coefficient (Wildman–Crippen LogP) is 2.06. The first kappa shape index (κ1) is 9.80. The molecule has 0 saturated carbocycles. The number of benzene rings is 1. The van der Waals surface area contributed by atoms with E-state index in [1.165, 1.54) is 7.11 Å². The molecule has 0 spiro atoms. The van der Waals surface area contributed by atoms with Gasteiger partial charge in [-0.1, -0.05) is 18.2 Å². The third-order valence-electron chi connectivity index (χ3n) is 2.21. The number of nitrogens with zero attached hydrogens (tertiary/aromatic N) is 1. The summed E-state index contributed by atoms with van der Waals surface area (Å²) in [7, 11) is 1.51. The Balaban J connectivity index is 2.56. The molecule has 0 unspecified atom stereocenters. The van der Waals surface area contributed by atoms with Crippen molar-refractivity contribution in [2.75, 3.05) is 13.7 Å². The van der Waals surface area contributed by atoms with Gasteiger partial charge in [-0.2, -0.15) is 0 Å². The number of rotatable bonds is 3. The summed E-state index contributed by atoms with van der Waals surface area (Å²) in [5.74, 6) is -0.0400. The minimum absolute atomic E-state index is 0.0400. The van der Waals surface area contributed by atoms with Crippen molar-refractivity contribution in [1.82, 2.24) is 4.98 Å². The van der Waals surface area contributed by atoms with Crippen molar-refractivity contribution in [3.8, 4) is 0 Å². The highest BCUT2D eigenvalue weighted by Crippen LogP contribution is 2.16. The van der Waals surface area contributed by atoms with Gasteiger partial charge in [-0.3, -0.25) is 9.78 Å². The van der Waals surface area contributed by atoms with Crippen LogP contribution in [0.5, 0.6) is 0 Å². The standard InChI is InChI=1S/C12H11NO2/c1-15-8-11(14)10-6-2-4-9-5-3-7-13-12(9)10/h2-7H,8H2,1H3. The first-order chi connectivity index (χ1) is 7.33. The molecule has 0 amide bonds. The van der Waals surface area contributed by atoms with Crippen molar-refractivity contribution in [2.45, 2.75) is 0 Å². The maximum absolute atomic E-state index is 11.7. The van der Waals surface area contributed by atoms with Gasteiger partial charge in [0, 0.05) is 24.3 Å². The molecule has 0 bridgehead atoms. The van der Waals surface area contributed by atoms with Crippen molar-refractivity contribution in [3.05, 3.63) is 42.1 Å². The molecule has 0 aliphatic rings. The summed E-state index contributed by atoms with van der Waals surface area (Å²) in [5.41, 5.74) is 1.36. The zero-order chi connectivity index (χ0) is 10.7. The summed E-state index contributed by atoms with van der Waals surface area (Å²) >= 11 is 0. The summed E-state index contributed by atoms with van der Waals surface area (Å²) < 4.78 is 4.83. The highest BCUT2D eigenvalue weighted by molar-refractivity contribution is 6.07. The Bertz CT molecular complexity index is 488. The second kappa shape index (κ2) is 4.19. The van der Waals surface area contributed by atoms with Gasteiger partial charge < -0.3 is 4.74 Å². The van der Waals surface area contributed by atoms with Crippen LogP contribution < -0.4 is 0 Å². The van der Waals surface area contributed by atoms with Crippen LogP contribution in [-0.4, -0.2) is 24.5 Å². The minimum Gasteiger partial charge on any atom is -0.377 e. The van der Waals surface area contributed by atoms with E-state index in [9.17, 15) is 4.79 Å². The second-order valence-electron chi connectivity index (χ2n) is 3.24. The van der Waals surface area contributed by atoms with Gasteiger partial charge in [0.2, 0.25) is 0 Å². The maximum atomic E-state index is 11.7. The molecule has 15 heavy (non-hydrogen) atoms. The smallest absolute Gasteiger partial charge is 0.190 e. The molecule has 0 atom stereocenters. The number of aromatic nitrogens is 1. The Morgan fingerprint density at radius 1 is 1.33 bits per heavy atom. The van der Waals surface area contributed by atoms with Gasteiger partial charge in [-0.15, -0.1) is 0 Å². The van der Waals surface area contributed by atoms with Crippen LogP contribution in [0, 0.1) is 0 Å². The number of methoxy groups -OCH3 is 1. The molecule has 0 radical (unpaired) electrons. The SMILES string of the molecule is COCC(=O)c1cccc2cccnc12. The lowest BCUT2D eigenvalue weighted by Crippen LogP contribution is -2.07. The van der Waals surface area contributed by atoms with Crippen LogP contribution in [0.4, 0.5) is 0 Å². The van der Waals surface area contributed by atoms with Gasteiger partial charge >= 0.3 is 0 Å². The first-order valence-corrected chi connectivity index (χ1v) is 4.69. The van der Waals surface area contributed by atoms with E-state index in [1.54, 1.807) is 12.3 Å². The molecule has 1 heterocycles. The van der Waals surface area contributed by atoms with Crippen LogP contribution in [0.2, 0.25) is 0 Å². The average Bonchev–Trinajstić information content (AvgIpc) is 2.28. The van der Waals surface area contributed by atoms with E-state index in [0.717, 1.165) is 10.9 Å². The molecule has 1 aromatic heterocycles. The molecule has 0 fully saturated rings. The van der Waals surface area contributed by atoms with Crippen molar-refractivity contribution < 1.29 is 9.53 Å². The van der Waals surface area contributed by atoms with Gasteiger partial charge in [0.25, 0.3) is 0 Å². The number of Topliss-reactive ketones (excluding diaryl/α,β-unsaturated/α-hetero) is 1. The molecule has 76 valence electrons. The zero-order valence-corrected chi connectivity index (χ0v) is 8.43. The number of ketones is 1. The molecule has 0 aliphatic heterocycles. The molecular formula is C12H11NO2. The van der Waals surface area contributed by atoms with Crippen molar-refractivity contribution >= 4 is 16.7 Å². The molecule has 2 aromatic rings. The molecule has 0 saturated heterocycles. The largest absolute Gasteiger partial charge is 0.377 e. The van der Waals surface area contributed by atoms with Crippen LogP contribution in [-0.2, 0) is 4.74 Å². The Kier molecular flexibility index (Phi) is 2.74. The number of hydrogen-bond acceptors (Lipinski definition) is 3. The van der Waals surface area contributed by atoms with Crippen molar-refractivity contribution in [3.63, 3.8) is 0 Å². The Morgan fingerprint density at radius 2 is 2.13 bits per heavy atom. The number of ether oxygens (including phenoxy) is 1. The molecule has 3 nitrogen and oxygen atoms in total. The highest BCUT2D eigenvalue weighted by Gasteiger charge is 2.09. The lowest BCUT2D eigenvalue weighted by molar-refractivity contribution is 0.0849. The van der Waals surface area contributed by atoms with Gasteiger partial charge in [-0.25, -0.2) is 0 Å². The monoisotopic (exact) mass is 201 g/mol. The summed E-state index contributed by atoms with van der Waals surface area (Å²) in [5, 5.41) is 0.972. The van der Waals surface area contributed by atoms with E-state index in [2.05, 4.69) is 4.98 Å². The lowest BCUT2D eigenvalue weighted by atomic mass is 10.1. The van der Waals surface area contributed by atoms with Crippen LogP contribution in [0.3, 0.4) is 0 Å². The lowest BCUT2D eigenvalue weighted by Gasteiger charge is -2.03. The van der Waals surface area contributed by atoms with E-state index >= 15 is 0 Å². The number of carbonyl (C=O) groups excluding carboxylic acids is 1. The van der Waals surface area contributed by atoms with E-state index in [-0.39, 0.29) is 12.4 Å². The fraction of sp³-hybridized carbons (Fsp3) is 0.167. The quantitative estimate of drug-likeness (QED) is 0.713. The summed E-state index contributed by atoms with van der Waals surface area (Å²) in [6.07, 6.45) is 1.69. The van der Waals surface area contributed by atoms with Crippen LogP contribution in [0.25, 0.3) is 10.9 Å². The Labute approximate surface area is 87.7 Å². The van der Waals surface area contributed by atoms with E-state index in [1.807, 2.05) is 24.3 Å². The molecular weight excluding hydrogens is 190 g/mol. The highest BCUT2D eigenvalue weighted by atomic mass is 16.5. The van der Waals surface area contributed by atoms with Crippen LogP contribution in [0.1, 0.15) is 10.4 Å². The van der Waals surface area contributed by atoms with Crippen molar-refractivity contribution in [2.24, 2.45) is 0 Å². The third-order valence-corrected chi connectivity index (χ3v) is 2.21. The number of para-hydroxylation sites is 1. The average molecular weight is 201 g/mol. The Morgan fingerprint density at radius 3 is 2.93 bits per heavy atom. The molecule has 0 aliphatic carbocycles. The van der Waals surface area contributed by atoms with E-state index in [0.29, 0.717) is 5.56 Å². The van der Waals surface area contributed by atoms with Gasteiger partial charge in [0.05, 0.1) is 5.52 Å². The summed E-state index contributed by atoms with van der Waals surface area (Å²) in [6, 6.07) is 9.36. The molecule has 1 aromatic carbocycles. The third kappa shape index (κ3) is 1.87. The number of fused-ring (bicyclic) bond motifs is 1. The predicted molar refractivity (Wildman–Crippen MR) is 57.9 cm³/mol. The normalized spacial score (nSPS) is 10.5. The van der Waals surface area contributed by atoms with E-state index in [4.69, 9.17) is 4.74 Å². The second-order valence-corrected chi connectivity index (χ2v) is 3.24. The summed E-state index contributed by atoms with van der Waals surface area (Å²) in [6.45, 7) is 0.0929. The number of carbonyl (C=O) groups is 1. The van der Waals surface area contributed by atoms with Crippen molar-refractivity contribution in [1.29, 1.82) is 0 Å². The summed E-state index contributed by atoms with van der Waals surface area (Å²) in [4.78, 5) is 15.9. The fourth-order valence-electron chi connectivity index (χ4n) is 1.54. The molecule has 0 N–H and O–H groups in total. The molecule has 3 heteroatoms. The topological polar surface area (TPSA) is 39.2 Å². The molecule has 2 rings (SSSR count). The van der Waals surface area contributed by atoms with Gasteiger partial charge in [0.15, 0.2) is 5.78 Å². The Hall–Kier alpha value is -1.74. The fourth-order valence-corrected chi connectivity index (χ4v) is 1.54. The maximum Gasteiger partial charge on any atom is 0.190 e. The van der Waals surface area contributed by atoms with Gasteiger partial charge in [-0.05, 0) is 12.1 Å². The number of hydrogen-bond donors (Lipinski definition) is 0. The van der Waals surface area contributed by atoms with Gasteiger partial charge in [0.1, 0.15) is 6.61 Å². The number of pyridine rings is 1. The zero-order valence-electron chi connectivity index (χ0n) is 8.43. The van der Waals surface area contributed by atoms with Crippen LogP contribution >= 0.6 is 0 Å². The van der Waals surface area contributed by atoms with Crippen LogP contribution in [0.15, 0.2) is 36.5 Å². The van der Waals surface area contributed by atoms with E-state index < -0.39 is 0 Å². The first-order valence-electron chi connectivity index (χ1n) is 4.69.